The zero-order chi connectivity index (χ0) is 16.2. The lowest BCUT2D eigenvalue weighted by atomic mass is 10.1. The van der Waals surface area contributed by atoms with Crippen molar-refractivity contribution in [2.45, 2.75) is 18.7 Å². The van der Waals surface area contributed by atoms with Gasteiger partial charge in [0.1, 0.15) is 5.75 Å². The largest absolute Gasteiger partial charge is 0.497 e. The number of hydrogen-bond donors (Lipinski definition) is 1. The van der Waals surface area contributed by atoms with Gasteiger partial charge in [0.05, 0.1) is 18.2 Å². The Kier molecular flexibility index (Phi) is 4.82. The zero-order valence-corrected chi connectivity index (χ0v) is 13.5. The molecule has 116 valence electrons. The highest BCUT2D eigenvalue weighted by Gasteiger charge is 2.13. The van der Waals surface area contributed by atoms with E-state index in [9.17, 15) is 8.42 Å². The Hall–Kier alpha value is -2.34. The topological polar surface area (TPSA) is 67.8 Å². The molecule has 2 rings (SSSR count). The van der Waals surface area contributed by atoms with Crippen LogP contribution in [-0.4, -0.2) is 21.7 Å². The monoisotopic (exact) mass is 318 g/mol. The lowest BCUT2D eigenvalue weighted by molar-refractivity contribution is 0.415. The molecule has 0 unspecified atom stereocenters. The molecule has 2 aromatic rings. The fourth-order valence-corrected chi connectivity index (χ4v) is 2.67. The van der Waals surface area contributed by atoms with Gasteiger partial charge in [-0.2, -0.15) is 13.5 Å². The third-order valence-corrected chi connectivity index (χ3v) is 4.51. The van der Waals surface area contributed by atoms with Gasteiger partial charge in [-0.3, -0.25) is 0 Å². The van der Waals surface area contributed by atoms with E-state index in [4.69, 9.17) is 4.74 Å². The van der Waals surface area contributed by atoms with Gasteiger partial charge in [0, 0.05) is 0 Å². The van der Waals surface area contributed by atoms with Gasteiger partial charge in [-0.1, -0.05) is 6.07 Å². The van der Waals surface area contributed by atoms with Crippen molar-refractivity contribution in [3.63, 3.8) is 0 Å². The maximum atomic E-state index is 12.1. The number of aryl methyl sites for hydroxylation is 2. The minimum absolute atomic E-state index is 0.197. The summed E-state index contributed by atoms with van der Waals surface area (Å²) >= 11 is 0. The second-order valence-corrected chi connectivity index (χ2v) is 6.53. The number of sulfonamides is 1. The van der Waals surface area contributed by atoms with E-state index in [0.717, 1.165) is 22.4 Å². The summed E-state index contributed by atoms with van der Waals surface area (Å²) < 4.78 is 29.3. The van der Waals surface area contributed by atoms with E-state index in [-0.39, 0.29) is 4.90 Å². The molecule has 22 heavy (non-hydrogen) atoms. The Labute approximate surface area is 130 Å². The van der Waals surface area contributed by atoms with Gasteiger partial charge in [0.25, 0.3) is 10.0 Å². The van der Waals surface area contributed by atoms with Crippen LogP contribution in [-0.2, 0) is 10.0 Å². The van der Waals surface area contributed by atoms with E-state index in [1.807, 2.05) is 13.8 Å². The van der Waals surface area contributed by atoms with E-state index in [1.165, 1.54) is 6.21 Å². The van der Waals surface area contributed by atoms with Gasteiger partial charge in [-0.05, 0) is 66.9 Å². The summed E-state index contributed by atoms with van der Waals surface area (Å²) in [7, 11) is -2.07. The van der Waals surface area contributed by atoms with E-state index in [1.54, 1.807) is 49.6 Å². The molecule has 0 atom stereocenters. The Morgan fingerprint density at radius 3 is 2.32 bits per heavy atom. The van der Waals surface area contributed by atoms with Crippen molar-refractivity contribution < 1.29 is 13.2 Å². The van der Waals surface area contributed by atoms with E-state index >= 15 is 0 Å². The molecule has 0 aliphatic heterocycles. The summed E-state index contributed by atoms with van der Waals surface area (Å²) in [6, 6.07) is 12.1. The van der Waals surface area contributed by atoms with Crippen LogP contribution in [0.25, 0.3) is 0 Å². The second-order valence-electron chi connectivity index (χ2n) is 4.87. The standard InChI is InChI=1S/C16H18N2O3S/c1-12-4-9-16(10-13(12)2)22(19,20)18-17-11-14-5-7-15(21-3)8-6-14/h4-11,18H,1-3H3/b17-11+. The highest BCUT2D eigenvalue weighted by atomic mass is 32.2. The van der Waals surface area contributed by atoms with Crippen LogP contribution in [0.4, 0.5) is 0 Å². The molecule has 0 saturated carbocycles. The van der Waals surface area contributed by atoms with Crippen molar-refractivity contribution in [3.8, 4) is 5.75 Å². The minimum Gasteiger partial charge on any atom is -0.497 e. The van der Waals surface area contributed by atoms with Crippen molar-refractivity contribution in [2.75, 3.05) is 7.11 Å². The average Bonchev–Trinajstić information content (AvgIpc) is 2.50. The molecule has 0 saturated heterocycles. The van der Waals surface area contributed by atoms with Crippen LogP contribution in [0.1, 0.15) is 16.7 Å². The van der Waals surface area contributed by atoms with E-state index < -0.39 is 10.0 Å². The number of nitrogens with one attached hydrogen (secondary N) is 1. The molecule has 1 N–H and O–H groups in total. The molecule has 0 heterocycles. The van der Waals surface area contributed by atoms with E-state index in [2.05, 4.69) is 9.93 Å². The summed E-state index contributed by atoms with van der Waals surface area (Å²) in [6.07, 6.45) is 1.44. The molecule has 0 amide bonds. The highest BCUT2D eigenvalue weighted by molar-refractivity contribution is 7.89. The molecule has 0 fully saturated rings. The highest BCUT2D eigenvalue weighted by Crippen LogP contribution is 2.14. The lowest BCUT2D eigenvalue weighted by Crippen LogP contribution is -2.18. The number of benzene rings is 2. The lowest BCUT2D eigenvalue weighted by Gasteiger charge is -2.06. The van der Waals surface area contributed by atoms with Gasteiger partial charge >= 0.3 is 0 Å². The van der Waals surface area contributed by atoms with Crippen molar-refractivity contribution >= 4 is 16.2 Å². The number of hydrazone groups is 1. The quantitative estimate of drug-likeness (QED) is 0.680. The Balaban J connectivity index is 2.11. The predicted molar refractivity (Wildman–Crippen MR) is 86.8 cm³/mol. The maximum Gasteiger partial charge on any atom is 0.276 e. The zero-order valence-electron chi connectivity index (χ0n) is 12.7. The van der Waals surface area contributed by atoms with Crippen LogP contribution in [0.2, 0.25) is 0 Å². The Morgan fingerprint density at radius 1 is 1.05 bits per heavy atom. The van der Waals surface area contributed by atoms with Crippen LogP contribution < -0.4 is 9.57 Å². The summed E-state index contributed by atoms with van der Waals surface area (Å²) in [5, 5.41) is 3.79. The van der Waals surface area contributed by atoms with Crippen molar-refractivity contribution in [1.82, 2.24) is 4.83 Å². The Morgan fingerprint density at radius 2 is 1.73 bits per heavy atom. The van der Waals surface area contributed by atoms with Crippen LogP contribution in [0.3, 0.4) is 0 Å². The van der Waals surface area contributed by atoms with Crippen LogP contribution >= 0.6 is 0 Å². The van der Waals surface area contributed by atoms with Crippen LogP contribution in [0, 0.1) is 13.8 Å². The summed E-state index contributed by atoms with van der Waals surface area (Å²) in [5.41, 5.74) is 2.73. The van der Waals surface area contributed by atoms with Crippen LogP contribution in [0.15, 0.2) is 52.5 Å². The van der Waals surface area contributed by atoms with Gasteiger partial charge in [0.15, 0.2) is 0 Å². The van der Waals surface area contributed by atoms with Gasteiger partial charge in [-0.15, -0.1) is 0 Å². The molecule has 6 heteroatoms. The minimum atomic E-state index is -3.66. The maximum absolute atomic E-state index is 12.1. The van der Waals surface area contributed by atoms with Crippen molar-refractivity contribution in [2.24, 2.45) is 5.10 Å². The molecular weight excluding hydrogens is 300 g/mol. The first-order chi connectivity index (χ1) is 10.4. The number of methoxy groups -OCH3 is 1. The normalized spacial score (nSPS) is 11.6. The summed E-state index contributed by atoms with van der Waals surface area (Å²) in [5.74, 6) is 0.730. The molecule has 0 bridgehead atoms. The van der Waals surface area contributed by atoms with E-state index in [0.29, 0.717) is 0 Å². The molecule has 0 radical (unpaired) electrons. The molecule has 0 spiro atoms. The van der Waals surface area contributed by atoms with Crippen molar-refractivity contribution in [3.05, 3.63) is 59.2 Å². The smallest absolute Gasteiger partial charge is 0.276 e. The number of ether oxygens (including phenoxy) is 1. The fraction of sp³-hybridized carbons (Fsp3) is 0.188. The molecule has 2 aromatic carbocycles. The Bertz CT molecular complexity index is 782. The molecule has 0 aliphatic rings. The first-order valence-electron chi connectivity index (χ1n) is 6.68. The molecule has 0 aliphatic carbocycles. The summed E-state index contributed by atoms with van der Waals surface area (Å²) in [4.78, 5) is 2.41. The second kappa shape index (κ2) is 6.62. The first-order valence-corrected chi connectivity index (χ1v) is 8.17. The predicted octanol–water partition coefficient (Wildman–Crippen LogP) is 2.62. The third kappa shape index (κ3) is 3.85. The molecule has 0 aromatic heterocycles. The number of nitrogens with zero attached hydrogens (tertiary/aromatic N) is 1. The first kappa shape index (κ1) is 16.0. The third-order valence-electron chi connectivity index (χ3n) is 3.29. The van der Waals surface area contributed by atoms with Gasteiger partial charge in [-0.25, -0.2) is 4.83 Å². The van der Waals surface area contributed by atoms with Gasteiger partial charge < -0.3 is 4.74 Å². The molecular formula is C16H18N2O3S. The van der Waals surface area contributed by atoms with Crippen LogP contribution in [0.5, 0.6) is 5.75 Å². The summed E-state index contributed by atoms with van der Waals surface area (Å²) in [6.45, 7) is 3.80. The molecule has 5 nitrogen and oxygen atoms in total. The van der Waals surface area contributed by atoms with Gasteiger partial charge in [0.2, 0.25) is 0 Å². The fourth-order valence-electron chi connectivity index (χ4n) is 1.79. The number of rotatable bonds is 5. The number of hydrogen-bond acceptors (Lipinski definition) is 4. The van der Waals surface area contributed by atoms with Crippen molar-refractivity contribution in [1.29, 1.82) is 0 Å². The average molecular weight is 318 g/mol. The SMILES string of the molecule is COc1ccc(/C=N/NS(=O)(=O)c2ccc(C)c(C)c2)cc1.